The van der Waals surface area contributed by atoms with Gasteiger partial charge in [0.25, 0.3) is 0 Å². The molecule has 0 spiro atoms. The van der Waals surface area contributed by atoms with Crippen LogP contribution in [0.5, 0.6) is 5.75 Å². The highest BCUT2D eigenvalue weighted by atomic mass is 16.5. The molecule has 1 heterocycles. The summed E-state index contributed by atoms with van der Waals surface area (Å²) in [4.78, 5) is 15.5. The molecule has 1 aromatic heterocycles. The first-order valence-corrected chi connectivity index (χ1v) is 8.21. The van der Waals surface area contributed by atoms with Gasteiger partial charge in [-0.1, -0.05) is 37.3 Å². The van der Waals surface area contributed by atoms with E-state index in [1.807, 2.05) is 61.7 Å². The molecular weight excluding hydrogens is 316 g/mol. The minimum Gasteiger partial charge on any atom is -0.497 e. The number of methoxy groups -OCH3 is 1. The van der Waals surface area contributed by atoms with E-state index in [4.69, 9.17) is 15.2 Å². The number of esters is 1. The molecule has 5 heteroatoms. The molecule has 5 nitrogen and oxygen atoms in total. The second kappa shape index (κ2) is 7.40. The maximum Gasteiger partial charge on any atom is 0.323 e. The first-order valence-electron chi connectivity index (χ1n) is 8.21. The van der Waals surface area contributed by atoms with E-state index < -0.39 is 12.0 Å². The summed E-state index contributed by atoms with van der Waals surface area (Å²) in [7, 11) is 1.61. The van der Waals surface area contributed by atoms with E-state index in [0.717, 1.165) is 27.8 Å². The Morgan fingerprint density at radius 1 is 1.16 bits per heavy atom. The molecule has 3 N–H and O–H groups in total. The quantitative estimate of drug-likeness (QED) is 0.676. The van der Waals surface area contributed by atoms with Crippen molar-refractivity contribution in [3.05, 3.63) is 65.9 Å². The van der Waals surface area contributed by atoms with Crippen molar-refractivity contribution in [3.8, 4) is 5.75 Å². The van der Waals surface area contributed by atoms with Gasteiger partial charge >= 0.3 is 5.97 Å². The number of ether oxygens (including phenoxy) is 2. The lowest BCUT2D eigenvalue weighted by Crippen LogP contribution is -2.36. The molecule has 0 saturated heterocycles. The normalized spacial score (nSPS) is 13.4. The predicted octanol–water partition coefficient (Wildman–Crippen LogP) is 3.35. The summed E-state index contributed by atoms with van der Waals surface area (Å²) >= 11 is 0. The summed E-state index contributed by atoms with van der Waals surface area (Å²) in [6.07, 6.45) is 1.91. The van der Waals surface area contributed by atoms with Gasteiger partial charge in [0.2, 0.25) is 0 Å². The minimum absolute atomic E-state index is 0.153. The summed E-state index contributed by atoms with van der Waals surface area (Å²) in [5, 5.41) is 1.08. The Bertz CT molecular complexity index is 855. The molecule has 0 saturated carbocycles. The van der Waals surface area contributed by atoms with Crippen molar-refractivity contribution in [2.24, 2.45) is 5.73 Å². The summed E-state index contributed by atoms with van der Waals surface area (Å²) in [6.45, 7) is 2.13. The van der Waals surface area contributed by atoms with Gasteiger partial charge in [-0.05, 0) is 29.3 Å². The Hall–Kier alpha value is -2.79. The average Bonchev–Trinajstić information content (AvgIpc) is 3.09. The Kier molecular flexibility index (Phi) is 5.05. The van der Waals surface area contributed by atoms with Gasteiger partial charge in [-0.2, -0.15) is 0 Å². The third-order valence-corrected chi connectivity index (χ3v) is 4.46. The lowest BCUT2D eigenvalue weighted by Gasteiger charge is -2.18. The Labute approximate surface area is 146 Å². The number of aromatic nitrogens is 1. The molecule has 0 aliphatic carbocycles. The third kappa shape index (κ3) is 3.67. The molecule has 0 aliphatic rings. The van der Waals surface area contributed by atoms with Gasteiger partial charge in [0.1, 0.15) is 18.4 Å². The van der Waals surface area contributed by atoms with Crippen molar-refractivity contribution in [2.45, 2.75) is 25.5 Å². The van der Waals surface area contributed by atoms with E-state index in [-0.39, 0.29) is 12.5 Å². The van der Waals surface area contributed by atoms with Gasteiger partial charge in [-0.15, -0.1) is 0 Å². The van der Waals surface area contributed by atoms with Gasteiger partial charge in [-0.25, -0.2) is 0 Å². The zero-order valence-electron chi connectivity index (χ0n) is 14.4. The van der Waals surface area contributed by atoms with Crippen molar-refractivity contribution in [1.82, 2.24) is 4.98 Å². The minimum atomic E-state index is -0.725. The highest BCUT2D eigenvalue weighted by Crippen LogP contribution is 2.27. The standard InChI is InChI=1S/C20H22N2O3/c1-13(17-11-22-18-6-4-3-5-16(17)18)19(21)20(23)25-12-14-7-9-15(24-2)10-8-14/h3-11,13,19,22H,12,21H2,1-2H3/t13-,19+/m0/s1. The van der Waals surface area contributed by atoms with Crippen LogP contribution in [-0.2, 0) is 16.1 Å². The van der Waals surface area contributed by atoms with Crippen LogP contribution in [0.25, 0.3) is 10.9 Å². The number of para-hydroxylation sites is 1. The fourth-order valence-electron chi connectivity index (χ4n) is 2.84. The lowest BCUT2D eigenvalue weighted by atomic mass is 9.93. The van der Waals surface area contributed by atoms with Crippen LogP contribution in [0.1, 0.15) is 24.0 Å². The highest BCUT2D eigenvalue weighted by Gasteiger charge is 2.25. The molecule has 2 atom stereocenters. The van der Waals surface area contributed by atoms with Crippen molar-refractivity contribution in [1.29, 1.82) is 0 Å². The summed E-state index contributed by atoms with van der Waals surface area (Å²) in [6, 6.07) is 14.6. The first-order chi connectivity index (χ1) is 12.1. The number of H-pyrrole nitrogens is 1. The van der Waals surface area contributed by atoms with Gasteiger partial charge < -0.3 is 20.2 Å². The van der Waals surface area contributed by atoms with Crippen molar-refractivity contribution >= 4 is 16.9 Å². The first kappa shape index (κ1) is 17.0. The molecule has 0 aliphatic heterocycles. The Morgan fingerprint density at radius 2 is 1.88 bits per heavy atom. The number of carbonyl (C=O) groups excluding carboxylic acids is 1. The highest BCUT2D eigenvalue weighted by molar-refractivity contribution is 5.85. The molecule has 0 radical (unpaired) electrons. The zero-order valence-corrected chi connectivity index (χ0v) is 14.4. The number of carbonyl (C=O) groups is 1. The van der Waals surface area contributed by atoms with E-state index in [1.165, 1.54) is 0 Å². The number of hydrogen-bond acceptors (Lipinski definition) is 4. The van der Waals surface area contributed by atoms with Gasteiger partial charge in [0.05, 0.1) is 7.11 Å². The molecule has 0 amide bonds. The number of hydrogen-bond donors (Lipinski definition) is 2. The molecule has 2 aromatic carbocycles. The summed E-state index contributed by atoms with van der Waals surface area (Å²) in [5.74, 6) is 0.202. The SMILES string of the molecule is COc1ccc(COC(=O)[C@H](N)[C@@H](C)c2c[nH]c3ccccc23)cc1. The monoisotopic (exact) mass is 338 g/mol. The van der Waals surface area contributed by atoms with Gasteiger partial charge in [0, 0.05) is 23.0 Å². The fraction of sp³-hybridized carbons (Fsp3) is 0.250. The molecular formula is C20H22N2O3. The van der Waals surface area contributed by atoms with E-state index >= 15 is 0 Å². The topological polar surface area (TPSA) is 77.3 Å². The largest absolute Gasteiger partial charge is 0.497 e. The predicted molar refractivity (Wildman–Crippen MR) is 97.5 cm³/mol. The molecule has 0 unspecified atom stereocenters. The maximum absolute atomic E-state index is 12.3. The number of aromatic amines is 1. The molecule has 25 heavy (non-hydrogen) atoms. The third-order valence-electron chi connectivity index (χ3n) is 4.46. The van der Waals surface area contributed by atoms with Crippen LogP contribution in [0.4, 0.5) is 0 Å². The molecule has 130 valence electrons. The van der Waals surface area contributed by atoms with Crippen molar-refractivity contribution < 1.29 is 14.3 Å². The van der Waals surface area contributed by atoms with Crippen LogP contribution in [0.3, 0.4) is 0 Å². The van der Waals surface area contributed by atoms with Crippen LogP contribution >= 0.6 is 0 Å². The smallest absolute Gasteiger partial charge is 0.323 e. The van der Waals surface area contributed by atoms with Gasteiger partial charge in [0.15, 0.2) is 0 Å². The molecule has 0 fully saturated rings. The second-order valence-corrected chi connectivity index (χ2v) is 6.06. The van der Waals surface area contributed by atoms with E-state index in [2.05, 4.69) is 4.98 Å². The molecule has 3 rings (SSSR count). The fourth-order valence-corrected chi connectivity index (χ4v) is 2.84. The van der Waals surface area contributed by atoms with Crippen molar-refractivity contribution in [3.63, 3.8) is 0 Å². The van der Waals surface area contributed by atoms with Crippen LogP contribution in [0.2, 0.25) is 0 Å². The number of benzene rings is 2. The lowest BCUT2D eigenvalue weighted by molar-refractivity contribution is -0.147. The average molecular weight is 338 g/mol. The Balaban J connectivity index is 1.65. The van der Waals surface area contributed by atoms with E-state index in [1.54, 1.807) is 7.11 Å². The van der Waals surface area contributed by atoms with Crippen LogP contribution in [0.15, 0.2) is 54.7 Å². The molecule has 3 aromatic rings. The Morgan fingerprint density at radius 3 is 2.60 bits per heavy atom. The second-order valence-electron chi connectivity index (χ2n) is 6.06. The van der Waals surface area contributed by atoms with Crippen LogP contribution < -0.4 is 10.5 Å². The zero-order chi connectivity index (χ0) is 17.8. The van der Waals surface area contributed by atoms with Crippen LogP contribution in [0, 0.1) is 0 Å². The number of fused-ring (bicyclic) bond motifs is 1. The summed E-state index contributed by atoms with van der Waals surface area (Å²) in [5.41, 5.74) is 9.08. The van der Waals surface area contributed by atoms with E-state index in [9.17, 15) is 4.79 Å². The summed E-state index contributed by atoms with van der Waals surface area (Å²) < 4.78 is 10.5. The number of rotatable bonds is 6. The van der Waals surface area contributed by atoms with Crippen molar-refractivity contribution in [2.75, 3.05) is 7.11 Å². The van der Waals surface area contributed by atoms with Gasteiger partial charge in [-0.3, -0.25) is 4.79 Å². The number of nitrogens with two attached hydrogens (primary N) is 1. The number of nitrogens with one attached hydrogen (secondary N) is 1. The maximum atomic E-state index is 12.3. The van der Waals surface area contributed by atoms with E-state index in [0.29, 0.717) is 0 Å². The molecule has 0 bridgehead atoms. The van der Waals surface area contributed by atoms with Crippen LogP contribution in [-0.4, -0.2) is 24.1 Å².